The predicted molar refractivity (Wildman–Crippen MR) is 48.0 cm³/mol. The largest absolute Gasteiger partial charge is 0.272 e. The van der Waals surface area contributed by atoms with Crippen LogP contribution in [0, 0.1) is 13.8 Å². The highest BCUT2D eigenvalue weighted by atomic mass is 15.3. The van der Waals surface area contributed by atoms with Crippen molar-refractivity contribution >= 4 is 10.9 Å². The fraction of sp³-hybridized carbons (Fsp3) is 0.333. The second-order valence-corrected chi connectivity index (χ2v) is 3.05. The normalized spacial score (nSPS) is 10.9. The molecule has 0 unspecified atom stereocenters. The molecule has 0 saturated carbocycles. The maximum absolute atomic E-state index is 4.31. The molecule has 2 heterocycles. The molecule has 2 aromatic rings. The van der Waals surface area contributed by atoms with Crippen molar-refractivity contribution in [1.82, 2.24) is 14.8 Å². The van der Waals surface area contributed by atoms with E-state index < -0.39 is 0 Å². The zero-order chi connectivity index (χ0) is 8.72. The SMILES string of the molecule is Cc1cc2c(C)n(C)nc2cn1. The van der Waals surface area contributed by atoms with Gasteiger partial charge in [-0.25, -0.2) is 0 Å². The zero-order valence-corrected chi connectivity index (χ0v) is 7.50. The number of rotatable bonds is 0. The van der Waals surface area contributed by atoms with Crippen molar-refractivity contribution in [2.75, 3.05) is 0 Å². The maximum atomic E-state index is 4.31. The van der Waals surface area contributed by atoms with Crippen LogP contribution in [-0.4, -0.2) is 14.8 Å². The quantitative estimate of drug-likeness (QED) is 0.587. The third kappa shape index (κ3) is 0.897. The molecule has 62 valence electrons. The van der Waals surface area contributed by atoms with Crippen LogP contribution in [0.3, 0.4) is 0 Å². The van der Waals surface area contributed by atoms with Gasteiger partial charge in [0.1, 0.15) is 5.52 Å². The first-order valence-electron chi connectivity index (χ1n) is 3.94. The zero-order valence-electron chi connectivity index (χ0n) is 7.50. The fourth-order valence-electron chi connectivity index (χ4n) is 1.33. The van der Waals surface area contributed by atoms with Gasteiger partial charge in [-0.15, -0.1) is 0 Å². The minimum Gasteiger partial charge on any atom is -0.272 e. The molecule has 2 aromatic heterocycles. The lowest BCUT2D eigenvalue weighted by atomic mass is 10.2. The first kappa shape index (κ1) is 7.28. The number of fused-ring (bicyclic) bond motifs is 1. The van der Waals surface area contributed by atoms with Crippen LogP contribution in [0.1, 0.15) is 11.4 Å². The van der Waals surface area contributed by atoms with Crippen molar-refractivity contribution in [1.29, 1.82) is 0 Å². The fourth-order valence-corrected chi connectivity index (χ4v) is 1.33. The van der Waals surface area contributed by atoms with Gasteiger partial charge in [-0.3, -0.25) is 9.67 Å². The average Bonchev–Trinajstić information content (AvgIpc) is 2.31. The average molecular weight is 161 g/mol. The van der Waals surface area contributed by atoms with Crippen molar-refractivity contribution in [3.8, 4) is 0 Å². The second-order valence-electron chi connectivity index (χ2n) is 3.05. The summed E-state index contributed by atoms with van der Waals surface area (Å²) in [7, 11) is 1.95. The number of aryl methyl sites for hydroxylation is 3. The van der Waals surface area contributed by atoms with E-state index in [4.69, 9.17) is 0 Å². The van der Waals surface area contributed by atoms with Crippen molar-refractivity contribution in [2.24, 2.45) is 7.05 Å². The molecule has 12 heavy (non-hydrogen) atoms. The Morgan fingerprint density at radius 3 is 2.83 bits per heavy atom. The van der Waals surface area contributed by atoms with Crippen LogP contribution in [0.5, 0.6) is 0 Å². The molecule has 0 aliphatic carbocycles. The molecule has 0 fully saturated rings. The molecule has 2 rings (SSSR count). The van der Waals surface area contributed by atoms with E-state index in [2.05, 4.69) is 23.1 Å². The predicted octanol–water partition coefficient (Wildman–Crippen LogP) is 1.59. The summed E-state index contributed by atoms with van der Waals surface area (Å²) in [5.41, 5.74) is 3.20. The summed E-state index contributed by atoms with van der Waals surface area (Å²) < 4.78 is 1.88. The summed E-state index contributed by atoms with van der Waals surface area (Å²) in [6.07, 6.45) is 1.82. The van der Waals surface area contributed by atoms with Crippen molar-refractivity contribution in [2.45, 2.75) is 13.8 Å². The molecular weight excluding hydrogens is 150 g/mol. The smallest absolute Gasteiger partial charge is 0.111 e. The van der Waals surface area contributed by atoms with Gasteiger partial charge in [-0.2, -0.15) is 5.10 Å². The van der Waals surface area contributed by atoms with E-state index in [1.807, 2.05) is 24.9 Å². The lowest BCUT2D eigenvalue weighted by Crippen LogP contribution is -1.91. The van der Waals surface area contributed by atoms with Gasteiger partial charge in [0.15, 0.2) is 0 Å². The highest BCUT2D eigenvalue weighted by Crippen LogP contribution is 2.15. The standard InChI is InChI=1S/C9H11N3/c1-6-4-8-7(2)12(3)11-9(8)5-10-6/h4-5H,1-3H3. The van der Waals surface area contributed by atoms with Crippen LogP contribution < -0.4 is 0 Å². The molecule has 3 heteroatoms. The maximum Gasteiger partial charge on any atom is 0.111 e. The summed E-state index contributed by atoms with van der Waals surface area (Å²) in [4.78, 5) is 4.19. The van der Waals surface area contributed by atoms with Gasteiger partial charge >= 0.3 is 0 Å². The lowest BCUT2D eigenvalue weighted by molar-refractivity contribution is 0.751. The Bertz CT molecular complexity index is 429. The van der Waals surface area contributed by atoms with Crippen molar-refractivity contribution in [3.63, 3.8) is 0 Å². The van der Waals surface area contributed by atoms with E-state index in [9.17, 15) is 0 Å². The summed E-state index contributed by atoms with van der Waals surface area (Å²) >= 11 is 0. The highest BCUT2D eigenvalue weighted by Gasteiger charge is 2.03. The molecular formula is C9H11N3. The number of aromatic nitrogens is 3. The Morgan fingerprint density at radius 1 is 1.33 bits per heavy atom. The summed E-state index contributed by atoms with van der Waals surface area (Å²) in [6.45, 7) is 4.06. The molecule has 0 aliphatic heterocycles. The summed E-state index contributed by atoms with van der Waals surface area (Å²) in [5.74, 6) is 0. The molecule has 0 bridgehead atoms. The van der Waals surface area contributed by atoms with Gasteiger partial charge in [-0.05, 0) is 19.9 Å². The summed E-state index contributed by atoms with van der Waals surface area (Å²) in [6, 6.07) is 2.07. The first-order valence-corrected chi connectivity index (χ1v) is 3.94. The minimum atomic E-state index is 0.973. The number of hydrogen-bond acceptors (Lipinski definition) is 2. The van der Waals surface area contributed by atoms with Crippen molar-refractivity contribution < 1.29 is 0 Å². The van der Waals surface area contributed by atoms with Gasteiger partial charge in [0.05, 0.1) is 6.20 Å². The topological polar surface area (TPSA) is 30.7 Å². The van der Waals surface area contributed by atoms with E-state index >= 15 is 0 Å². The van der Waals surface area contributed by atoms with E-state index in [0.29, 0.717) is 0 Å². The Morgan fingerprint density at radius 2 is 2.08 bits per heavy atom. The number of pyridine rings is 1. The minimum absolute atomic E-state index is 0.973. The molecule has 3 nitrogen and oxygen atoms in total. The van der Waals surface area contributed by atoms with Gasteiger partial charge in [0.25, 0.3) is 0 Å². The lowest BCUT2D eigenvalue weighted by Gasteiger charge is -1.92. The van der Waals surface area contributed by atoms with E-state index in [-0.39, 0.29) is 0 Å². The monoisotopic (exact) mass is 161 g/mol. The van der Waals surface area contributed by atoms with Crippen LogP contribution in [0.25, 0.3) is 10.9 Å². The molecule has 0 N–H and O–H groups in total. The van der Waals surface area contributed by atoms with E-state index in [1.165, 1.54) is 11.1 Å². The van der Waals surface area contributed by atoms with Crippen LogP contribution in [0.2, 0.25) is 0 Å². The molecule has 0 amide bonds. The van der Waals surface area contributed by atoms with Crippen LogP contribution in [0.15, 0.2) is 12.3 Å². The van der Waals surface area contributed by atoms with Gasteiger partial charge in [-0.1, -0.05) is 0 Å². The number of hydrogen-bond donors (Lipinski definition) is 0. The third-order valence-corrected chi connectivity index (χ3v) is 2.15. The highest BCUT2D eigenvalue weighted by molar-refractivity contribution is 5.80. The van der Waals surface area contributed by atoms with Gasteiger partial charge in [0, 0.05) is 23.8 Å². The molecule has 0 saturated heterocycles. The van der Waals surface area contributed by atoms with E-state index in [0.717, 1.165) is 11.2 Å². The molecule has 0 spiro atoms. The van der Waals surface area contributed by atoms with Crippen molar-refractivity contribution in [3.05, 3.63) is 23.7 Å². The Kier molecular flexibility index (Phi) is 1.40. The first-order chi connectivity index (χ1) is 5.68. The van der Waals surface area contributed by atoms with Gasteiger partial charge < -0.3 is 0 Å². The molecule has 0 aromatic carbocycles. The van der Waals surface area contributed by atoms with Crippen LogP contribution >= 0.6 is 0 Å². The van der Waals surface area contributed by atoms with Gasteiger partial charge in [0.2, 0.25) is 0 Å². The number of nitrogens with zero attached hydrogens (tertiary/aromatic N) is 3. The Hall–Kier alpha value is -1.38. The van der Waals surface area contributed by atoms with Crippen LogP contribution in [-0.2, 0) is 7.05 Å². The Balaban J connectivity index is 2.88. The van der Waals surface area contributed by atoms with Crippen LogP contribution in [0.4, 0.5) is 0 Å². The Labute approximate surface area is 71.0 Å². The van der Waals surface area contributed by atoms with E-state index in [1.54, 1.807) is 0 Å². The second kappa shape index (κ2) is 2.30. The molecule has 0 radical (unpaired) electrons. The summed E-state index contributed by atoms with van der Waals surface area (Å²) in [5, 5.41) is 5.51. The molecule has 0 aliphatic rings. The third-order valence-electron chi connectivity index (χ3n) is 2.15. The molecule has 0 atom stereocenters.